The molecule has 5 aliphatic rings. The average Bonchev–Trinajstić information content (AvgIpc) is 3.56. The van der Waals surface area contributed by atoms with Gasteiger partial charge >= 0.3 is 29.8 Å². The van der Waals surface area contributed by atoms with Crippen molar-refractivity contribution in [3.8, 4) is 0 Å². The summed E-state index contributed by atoms with van der Waals surface area (Å²) in [6, 6.07) is -1.29. The minimum atomic E-state index is -1.29. The third-order valence-electron chi connectivity index (χ3n) is 17.6. The summed E-state index contributed by atoms with van der Waals surface area (Å²) < 4.78 is 42.9. The molecule has 1 heterocycles. The van der Waals surface area contributed by atoms with Crippen molar-refractivity contribution in [1.82, 2.24) is 5.32 Å². The smallest absolute Gasteiger partial charge is 0.334 e. The summed E-state index contributed by atoms with van der Waals surface area (Å²) >= 11 is 0. The summed E-state index contributed by atoms with van der Waals surface area (Å²) in [6.45, 7) is 28.9. The number of fused-ring (bicyclic) bond motifs is 5. The fourth-order valence-electron chi connectivity index (χ4n) is 14.2. The molecule has 0 aromatic carbocycles. The van der Waals surface area contributed by atoms with Crippen LogP contribution in [0.4, 0.5) is 0 Å². The van der Waals surface area contributed by atoms with Gasteiger partial charge in [0.2, 0.25) is 6.04 Å². The molecule has 0 spiro atoms. The number of carbonyl (C=O) groups is 5. The van der Waals surface area contributed by atoms with Gasteiger partial charge in [-0.25, -0.2) is 9.59 Å². The largest absolute Gasteiger partial charge is 0.464 e. The highest BCUT2D eigenvalue weighted by molar-refractivity contribution is 5.99. The van der Waals surface area contributed by atoms with E-state index in [1.807, 2.05) is 13.8 Å². The lowest BCUT2D eigenvalue weighted by Gasteiger charge is -2.71. The van der Waals surface area contributed by atoms with E-state index in [1.165, 1.54) is 27.2 Å². The van der Waals surface area contributed by atoms with Gasteiger partial charge in [-0.1, -0.05) is 55.4 Å². The molecule has 1 aliphatic heterocycles. The molecule has 0 radical (unpaired) electrons. The predicted octanol–water partition coefficient (Wildman–Crippen LogP) is 8.12. The molecule has 62 heavy (non-hydrogen) atoms. The van der Waals surface area contributed by atoms with Crippen LogP contribution in [-0.2, 0) is 57.1 Å². The Balaban J connectivity index is 1.56. The number of hydrogen-bond donors (Lipinski definition) is 1. The molecule has 13 nitrogen and oxygen atoms in total. The Morgan fingerprint density at radius 3 is 1.90 bits per heavy atom. The lowest BCUT2D eigenvalue weighted by atomic mass is 9.34. The molecule has 5 fully saturated rings. The summed E-state index contributed by atoms with van der Waals surface area (Å²) in [6.07, 6.45) is 5.09. The van der Waals surface area contributed by atoms with E-state index in [0.29, 0.717) is 37.0 Å². The molecule has 13 heteroatoms. The third kappa shape index (κ3) is 9.33. The van der Waals surface area contributed by atoms with Crippen molar-refractivity contribution < 1.29 is 57.1 Å². The van der Waals surface area contributed by atoms with Gasteiger partial charge < -0.3 is 33.2 Å². The maximum Gasteiger partial charge on any atom is 0.334 e. The second-order valence-electron chi connectivity index (χ2n) is 21.2. The van der Waals surface area contributed by atoms with Crippen LogP contribution in [0.5, 0.6) is 0 Å². The van der Waals surface area contributed by atoms with Gasteiger partial charge in [0.05, 0.1) is 24.9 Å². The van der Waals surface area contributed by atoms with Gasteiger partial charge in [0.1, 0.15) is 12.2 Å². The van der Waals surface area contributed by atoms with Crippen LogP contribution >= 0.6 is 0 Å². The van der Waals surface area contributed by atoms with Gasteiger partial charge in [-0.3, -0.25) is 19.7 Å². The molecule has 1 N–H and O–H groups in total. The molecule has 4 unspecified atom stereocenters. The molecule has 15 atom stereocenters. The monoisotopic (exact) mass is 876 g/mol. The van der Waals surface area contributed by atoms with E-state index < -0.39 is 66.0 Å². The third-order valence-corrected chi connectivity index (χ3v) is 17.6. The molecule has 4 aliphatic carbocycles. The van der Waals surface area contributed by atoms with Crippen molar-refractivity contribution in [1.29, 1.82) is 0 Å². The summed E-state index contributed by atoms with van der Waals surface area (Å²) in [7, 11) is 0. The van der Waals surface area contributed by atoms with Crippen molar-refractivity contribution in [2.45, 2.75) is 203 Å². The van der Waals surface area contributed by atoms with Gasteiger partial charge in [-0.05, 0) is 137 Å². The Bertz CT molecular complexity index is 1620. The van der Waals surface area contributed by atoms with Gasteiger partial charge in [0, 0.05) is 32.6 Å². The minimum absolute atomic E-state index is 0.0410. The van der Waals surface area contributed by atoms with E-state index in [0.717, 1.165) is 38.5 Å². The highest BCUT2D eigenvalue weighted by Crippen LogP contribution is 2.76. The highest BCUT2D eigenvalue weighted by atomic mass is 16.7. The van der Waals surface area contributed by atoms with E-state index in [2.05, 4.69) is 53.8 Å². The number of rotatable bonds is 16. The zero-order valence-electron chi connectivity index (χ0n) is 40.5. The molecule has 0 amide bonds. The summed E-state index contributed by atoms with van der Waals surface area (Å²) in [4.78, 5) is 64.1. The summed E-state index contributed by atoms with van der Waals surface area (Å²) in [5.74, 6) is -1.77. The molecular formula is C49H81NO12. The standard InChI is InChI=1S/C49H81NO12/c1-15-34-40(59-31(7)52)29(5)41(60-32(8)53)44(61-34)62-49(14,22-18-26-50-39(42(54)56-16-2)43(55)57-17-3)33-20-24-48(13)38(33)35(58-30(6)51)27-37-46(11)23-19-28(4)45(9,10)36(46)21-25-47(37,48)12/h28-29,33-41,44,50H,15-27H2,1-14H3/t28-,29-,33?,34+,35?,36?,37?,38-,40-,41+,44+,46-,47+,48+,49-/m0/s1. The molecular weight excluding hydrogens is 795 g/mol. The molecule has 0 aromatic rings. The van der Waals surface area contributed by atoms with Gasteiger partial charge in [-0.15, -0.1) is 0 Å². The predicted molar refractivity (Wildman–Crippen MR) is 232 cm³/mol. The number of hydrogen-bond acceptors (Lipinski definition) is 13. The van der Waals surface area contributed by atoms with E-state index in [-0.39, 0.29) is 65.3 Å². The minimum Gasteiger partial charge on any atom is -0.464 e. The van der Waals surface area contributed by atoms with Crippen LogP contribution in [0.15, 0.2) is 0 Å². The Morgan fingerprint density at radius 1 is 0.758 bits per heavy atom. The Labute approximate surface area is 371 Å². The van der Waals surface area contributed by atoms with Crippen molar-refractivity contribution in [2.24, 2.45) is 57.2 Å². The first-order valence-electron chi connectivity index (χ1n) is 23.9. The Hall–Kier alpha value is -2.77. The van der Waals surface area contributed by atoms with E-state index in [4.69, 9.17) is 33.2 Å². The van der Waals surface area contributed by atoms with Crippen molar-refractivity contribution in [2.75, 3.05) is 19.8 Å². The quantitative estimate of drug-likeness (QED) is 0.0686. The lowest BCUT2D eigenvalue weighted by Crippen LogP contribution is -2.66. The average molecular weight is 876 g/mol. The van der Waals surface area contributed by atoms with Crippen LogP contribution in [0, 0.1) is 57.2 Å². The van der Waals surface area contributed by atoms with E-state index in [9.17, 15) is 24.0 Å². The number of nitrogens with one attached hydrogen (secondary N) is 1. The normalized spacial score (nSPS) is 39.6. The first-order chi connectivity index (χ1) is 28.9. The molecule has 0 bridgehead atoms. The van der Waals surface area contributed by atoms with Gasteiger partial charge in [0.15, 0.2) is 12.4 Å². The number of esters is 5. The van der Waals surface area contributed by atoms with Crippen LogP contribution in [0.1, 0.15) is 161 Å². The van der Waals surface area contributed by atoms with Crippen LogP contribution in [-0.4, -0.2) is 92.0 Å². The van der Waals surface area contributed by atoms with Gasteiger partial charge in [-0.2, -0.15) is 0 Å². The summed E-state index contributed by atoms with van der Waals surface area (Å²) in [5, 5.41) is 3.10. The molecule has 1 saturated heterocycles. The topological polar surface area (TPSA) is 162 Å². The van der Waals surface area contributed by atoms with Crippen LogP contribution in [0.3, 0.4) is 0 Å². The van der Waals surface area contributed by atoms with Gasteiger partial charge in [0.25, 0.3) is 0 Å². The van der Waals surface area contributed by atoms with E-state index in [1.54, 1.807) is 13.8 Å². The molecule has 5 rings (SSSR count). The fraction of sp³-hybridized carbons (Fsp3) is 0.898. The zero-order valence-corrected chi connectivity index (χ0v) is 40.5. The molecule has 0 aromatic heterocycles. The number of ether oxygens (including phenoxy) is 7. The van der Waals surface area contributed by atoms with Crippen molar-refractivity contribution >= 4 is 29.8 Å². The van der Waals surface area contributed by atoms with Crippen molar-refractivity contribution in [3.63, 3.8) is 0 Å². The van der Waals surface area contributed by atoms with Crippen molar-refractivity contribution in [3.05, 3.63) is 0 Å². The second-order valence-corrected chi connectivity index (χ2v) is 21.2. The second kappa shape index (κ2) is 19.4. The molecule has 4 saturated carbocycles. The zero-order chi connectivity index (χ0) is 46.2. The Morgan fingerprint density at radius 2 is 1.34 bits per heavy atom. The fourth-order valence-corrected chi connectivity index (χ4v) is 14.2. The first-order valence-corrected chi connectivity index (χ1v) is 23.9. The van der Waals surface area contributed by atoms with E-state index >= 15 is 0 Å². The van der Waals surface area contributed by atoms with Crippen LogP contribution < -0.4 is 5.32 Å². The lowest BCUT2D eigenvalue weighted by molar-refractivity contribution is -0.327. The number of carbonyl (C=O) groups excluding carboxylic acids is 5. The maximum absolute atomic E-state index is 13.2. The highest BCUT2D eigenvalue weighted by Gasteiger charge is 2.72. The van der Waals surface area contributed by atoms with Crippen LogP contribution in [0.2, 0.25) is 0 Å². The first kappa shape index (κ1) is 50.2. The molecule has 354 valence electrons. The van der Waals surface area contributed by atoms with Crippen LogP contribution in [0.25, 0.3) is 0 Å². The Kier molecular flexibility index (Phi) is 15.7. The maximum atomic E-state index is 13.2. The summed E-state index contributed by atoms with van der Waals surface area (Å²) in [5.41, 5.74) is -0.924. The SMILES string of the molecule is CCOC(=O)C(NCCC[C@](C)(O[C@H]1O[C@H](CC)[C@@H](OC(C)=O)[C@H](C)[C@H]1OC(C)=O)C1CC[C@]2(C)[C@@H]1C(OC(C)=O)CC1[C@@]3(C)CC[C@H](C)C(C)(C)C3CC[C@]12C)C(=O)OCC.